The van der Waals surface area contributed by atoms with E-state index in [4.69, 9.17) is 4.74 Å². The van der Waals surface area contributed by atoms with Crippen LogP contribution in [0, 0.1) is 20.2 Å². The lowest BCUT2D eigenvalue weighted by Gasteiger charge is -2.14. The first-order chi connectivity index (χ1) is 18.6. The number of hydrogen-bond acceptors (Lipinski definition) is 8. The van der Waals surface area contributed by atoms with Crippen molar-refractivity contribution in [2.24, 2.45) is 5.10 Å². The van der Waals surface area contributed by atoms with Gasteiger partial charge in [0.05, 0.1) is 31.4 Å². The molecule has 200 valence electrons. The molecular weight excluding hydrogens is 638 g/mol. The molecule has 0 bridgehead atoms. The van der Waals surface area contributed by atoms with Crippen LogP contribution in [-0.4, -0.2) is 25.7 Å². The summed E-state index contributed by atoms with van der Waals surface area (Å²) in [6.45, 7) is 3.88. The summed E-state index contributed by atoms with van der Waals surface area (Å²) in [6.07, 6.45) is 2.08. The summed E-state index contributed by atoms with van der Waals surface area (Å²) in [4.78, 5) is 39.6. The Morgan fingerprint density at radius 1 is 1.08 bits per heavy atom. The summed E-state index contributed by atoms with van der Waals surface area (Å²) < 4.78 is 7.96. The summed E-state index contributed by atoms with van der Waals surface area (Å²) in [5.41, 5.74) is 0.761. The predicted octanol–water partition coefficient (Wildman–Crippen LogP) is 6.71. The molecular formula is C26H21Br2N5O6. The lowest BCUT2D eigenvalue weighted by molar-refractivity contribution is -0.386. The van der Waals surface area contributed by atoms with E-state index >= 15 is 0 Å². The third-order valence-corrected chi connectivity index (χ3v) is 7.06. The molecule has 0 spiro atoms. The van der Waals surface area contributed by atoms with Crippen LogP contribution in [0.4, 0.5) is 11.4 Å². The van der Waals surface area contributed by atoms with Crippen molar-refractivity contribution in [1.29, 1.82) is 0 Å². The molecule has 0 aliphatic carbocycles. The van der Waals surface area contributed by atoms with E-state index in [0.29, 0.717) is 32.3 Å². The minimum Gasteiger partial charge on any atom is -0.481 e. The van der Waals surface area contributed by atoms with Gasteiger partial charge in [-0.05, 0) is 64.3 Å². The van der Waals surface area contributed by atoms with E-state index in [1.165, 1.54) is 41.2 Å². The van der Waals surface area contributed by atoms with Gasteiger partial charge in [0.1, 0.15) is 12.4 Å². The second-order valence-corrected chi connectivity index (χ2v) is 10.4. The number of hydrogen-bond donors (Lipinski definition) is 0. The monoisotopic (exact) mass is 657 g/mol. The minimum absolute atomic E-state index is 0.00909. The smallest absolute Gasteiger partial charge is 0.312 e. The molecule has 4 aromatic rings. The van der Waals surface area contributed by atoms with Gasteiger partial charge in [-0.25, -0.2) is 4.98 Å². The number of nitrogens with zero attached hydrogens (tertiary/aromatic N) is 5. The first kappa shape index (κ1) is 28.0. The van der Waals surface area contributed by atoms with Crippen molar-refractivity contribution in [2.45, 2.75) is 32.8 Å². The SMILES string of the molecule is CC[C@H](C)c1nc2ccc(Br)cc2c(=O)n1N=Cc1cc(Br)c(OCc2ccc([N+](=O)[O-])cc2)c([N+](=O)[O-])c1. The van der Waals surface area contributed by atoms with Crippen LogP contribution < -0.4 is 10.3 Å². The largest absolute Gasteiger partial charge is 0.481 e. The lowest BCUT2D eigenvalue weighted by Crippen LogP contribution is -2.23. The Hall–Kier alpha value is -3.97. The molecule has 0 amide bonds. The number of ether oxygens (including phenoxy) is 1. The molecule has 39 heavy (non-hydrogen) atoms. The van der Waals surface area contributed by atoms with E-state index in [1.807, 2.05) is 19.9 Å². The van der Waals surface area contributed by atoms with Gasteiger partial charge < -0.3 is 4.74 Å². The molecule has 0 saturated carbocycles. The number of halogens is 2. The fourth-order valence-corrected chi connectivity index (χ4v) is 4.67. The molecule has 0 N–H and O–H groups in total. The van der Waals surface area contributed by atoms with Crippen LogP contribution in [0.3, 0.4) is 0 Å². The van der Waals surface area contributed by atoms with E-state index in [9.17, 15) is 25.0 Å². The molecule has 11 nitrogen and oxygen atoms in total. The Morgan fingerprint density at radius 3 is 2.44 bits per heavy atom. The Kier molecular flexibility index (Phi) is 8.51. The second-order valence-electron chi connectivity index (χ2n) is 8.62. The van der Waals surface area contributed by atoms with Crippen molar-refractivity contribution in [2.75, 3.05) is 0 Å². The molecule has 3 aromatic carbocycles. The van der Waals surface area contributed by atoms with Crippen LogP contribution in [0.2, 0.25) is 0 Å². The van der Waals surface area contributed by atoms with Gasteiger partial charge in [-0.2, -0.15) is 9.78 Å². The van der Waals surface area contributed by atoms with Crippen LogP contribution in [0.1, 0.15) is 43.1 Å². The summed E-state index contributed by atoms with van der Waals surface area (Å²) in [7, 11) is 0. The van der Waals surface area contributed by atoms with Gasteiger partial charge >= 0.3 is 5.69 Å². The molecule has 0 radical (unpaired) electrons. The highest BCUT2D eigenvalue weighted by Crippen LogP contribution is 2.37. The van der Waals surface area contributed by atoms with Crippen LogP contribution >= 0.6 is 31.9 Å². The first-order valence-corrected chi connectivity index (χ1v) is 13.3. The Morgan fingerprint density at radius 2 is 1.79 bits per heavy atom. The average molecular weight is 659 g/mol. The number of non-ortho nitro benzene ring substituents is 1. The number of nitro benzene ring substituents is 2. The Bertz CT molecular complexity index is 1670. The third-order valence-electron chi connectivity index (χ3n) is 5.98. The number of fused-ring (bicyclic) bond motifs is 1. The van der Waals surface area contributed by atoms with Crippen LogP contribution in [0.25, 0.3) is 10.9 Å². The van der Waals surface area contributed by atoms with E-state index < -0.39 is 9.85 Å². The number of rotatable bonds is 9. The quantitative estimate of drug-likeness (QED) is 0.110. The minimum atomic E-state index is -0.584. The standard InChI is InChI=1S/C26H21Br2N5O6/c1-3-15(2)25-30-22-9-6-18(27)12-20(22)26(34)31(25)29-13-17-10-21(28)24(23(11-17)33(37)38)39-14-16-4-7-19(8-5-16)32(35)36/h4-13,15H,3,14H2,1-2H3/t15-/m0/s1. The zero-order valence-corrected chi connectivity index (χ0v) is 23.9. The number of aromatic nitrogens is 2. The van der Waals surface area contributed by atoms with Crippen molar-refractivity contribution >= 4 is 60.4 Å². The third kappa shape index (κ3) is 6.20. The zero-order chi connectivity index (χ0) is 28.3. The molecule has 4 rings (SSSR count). The fourth-order valence-electron chi connectivity index (χ4n) is 3.73. The van der Waals surface area contributed by atoms with Crippen molar-refractivity contribution < 1.29 is 14.6 Å². The number of benzene rings is 3. The maximum atomic E-state index is 13.3. The van der Waals surface area contributed by atoms with Gasteiger partial charge in [0.15, 0.2) is 0 Å². The normalized spacial score (nSPS) is 12.1. The Labute approximate surface area is 238 Å². The highest BCUT2D eigenvalue weighted by Gasteiger charge is 2.21. The van der Waals surface area contributed by atoms with Crippen LogP contribution in [-0.2, 0) is 6.61 Å². The summed E-state index contributed by atoms with van der Waals surface area (Å²) in [5.74, 6) is 0.398. The predicted molar refractivity (Wildman–Crippen MR) is 154 cm³/mol. The summed E-state index contributed by atoms with van der Waals surface area (Å²) in [5, 5.41) is 27.5. The molecule has 0 aliphatic rings. The summed E-state index contributed by atoms with van der Waals surface area (Å²) in [6, 6.07) is 13.8. The van der Waals surface area contributed by atoms with E-state index in [1.54, 1.807) is 18.2 Å². The van der Waals surface area contributed by atoms with E-state index in [-0.39, 0.29) is 35.2 Å². The maximum absolute atomic E-state index is 13.3. The highest BCUT2D eigenvalue weighted by molar-refractivity contribution is 9.10. The molecule has 1 heterocycles. The Balaban J connectivity index is 1.69. The molecule has 0 unspecified atom stereocenters. The summed E-state index contributed by atoms with van der Waals surface area (Å²) >= 11 is 6.71. The highest BCUT2D eigenvalue weighted by atomic mass is 79.9. The van der Waals surface area contributed by atoms with Gasteiger partial charge in [-0.3, -0.25) is 25.0 Å². The fraction of sp³-hybridized carbons (Fsp3) is 0.192. The van der Waals surface area contributed by atoms with Crippen molar-refractivity contribution in [3.63, 3.8) is 0 Å². The maximum Gasteiger partial charge on any atom is 0.312 e. The molecule has 0 fully saturated rings. The van der Waals surface area contributed by atoms with Gasteiger partial charge in [0.25, 0.3) is 11.2 Å². The van der Waals surface area contributed by atoms with Crippen LogP contribution in [0.15, 0.2) is 73.4 Å². The molecule has 1 atom stereocenters. The lowest BCUT2D eigenvalue weighted by atomic mass is 10.1. The van der Waals surface area contributed by atoms with Gasteiger partial charge in [0.2, 0.25) is 5.75 Å². The second kappa shape index (κ2) is 11.8. The van der Waals surface area contributed by atoms with E-state index in [0.717, 1.165) is 10.9 Å². The van der Waals surface area contributed by atoms with Crippen molar-refractivity contribution in [3.05, 3.63) is 111 Å². The zero-order valence-electron chi connectivity index (χ0n) is 20.7. The first-order valence-electron chi connectivity index (χ1n) is 11.7. The van der Waals surface area contributed by atoms with Gasteiger partial charge in [-0.1, -0.05) is 29.8 Å². The molecule has 0 saturated heterocycles. The number of nitro groups is 2. The van der Waals surface area contributed by atoms with E-state index in [2.05, 4.69) is 41.9 Å². The average Bonchev–Trinajstić information content (AvgIpc) is 2.91. The topological polar surface area (TPSA) is 143 Å². The molecule has 0 aliphatic heterocycles. The van der Waals surface area contributed by atoms with Crippen molar-refractivity contribution in [3.8, 4) is 5.75 Å². The molecule has 13 heteroatoms. The van der Waals surface area contributed by atoms with Gasteiger partial charge in [-0.15, -0.1) is 0 Å². The molecule has 1 aromatic heterocycles. The van der Waals surface area contributed by atoms with Crippen molar-refractivity contribution in [1.82, 2.24) is 9.66 Å². The van der Waals surface area contributed by atoms with Crippen LogP contribution in [0.5, 0.6) is 5.75 Å². The van der Waals surface area contributed by atoms with Gasteiger partial charge in [0, 0.05) is 34.2 Å².